The predicted molar refractivity (Wildman–Crippen MR) is 66.7 cm³/mol. The molecule has 1 aromatic heterocycles. The molecule has 1 heterocycles. The summed E-state index contributed by atoms with van der Waals surface area (Å²) in [6, 6.07) is 2.05. The molecule has 84 valence electrons. The van der Waals surface area contributed by atoms with E-state index in [-0.39, 0.29) is 5.91 Å². The number of hydrogen-bond acceptors (Lipinski definition) is 2. The van der Waals surface area contributed by atoms with Crippen LogP contribution < -0.4 is 5.32 Å². The number of amides is 1. The molecule has 1 aliphatic carbocycles. The van der Waals surface area contributed by atoms with E-state index in [1.54, 1.807) is 11.3 Å². The molecule has 1 amide bonds. The van der Waals surface area contributed by atoms with E-state index in [9.17, 15) is 4.79 Å². The minimum atomic E-state index is 0.0531. The molecule has 0 radical (unpaired) electrons. The molecule has 0 saturated carbocycles. The van der Waals surface area contributed by atoms with Crippen LogP contribution in [0.15, 0.2) is 6.07 Å². The Balaban J connectivity index is 1.90. The maximum Gasteiger partial charge on any atom is 0.261 e. The smallest absolute Gasteiger partial charge is 0.261 e. The van der Waals surface area contributed by atoms with Gasteiger partial charge in [-0.3, -0.25) is 4.79 Å². The molecule has 0 fully saturated rings. The Morgan fingerprint density at radius 2 is 2.44 bits per heavy atom. The molecule has 2 nitrogen and oxygen atoms in total. The maximum absolute atomic E-state index is 11.8. The molecule has 1 aromatic rings. The molecule has 0 atom stereocenters. The molecular weight excluding hydrogens is 218 g/mol. The van der Waals surface area contributed by atoms with Crippen molar-refractivity contribution in [2.75, 3.05) is 6.54 Å². The first-order valence-electron chi connectivity index (χ1n) is 5.60. The van der Waals surface area contributed by atoms with Crippen LogP contribution in [0.3, 0.4) is 0 Å². The van der Waals surface area contributed by atoms with Crippen molar-refractivity contribution in [3.05, 3.63) is 21.4 Å². The van der Waals surface area contributed by atoms with Crippen molar-refractivity contribution in [2.45, 2.75) is 32.6 Å². The predicted octanol–water partition coefficient (Wildman–Crippen LogP) is 2.38. The first-order valence-corrected chi connectivity index (χ1v) is 6.42. The summed E-state index contributed by atoms with van der Waals surface area (Å²) in [6.45, 7) is 2.45. The number of carbonyl (C=O) groups is 1. The molecule has 1 N–H and O–H groups in total. The number of hydrogen-bond donors (Lipinski definition) is 1. The van der Waals surface area contributed by atoms with E-state index in [1.807, 2.05) is 13.0 Å². The van der Waals surface area contributed by atoms with Crippen molar-refractivity contribution in [3.63, 3.8) is 0 Å². The van der Waals surface area contributed by atoms with Crippen LogP contribution in [0, 0.1) is 11.8 Å². The van der Waals surface area contributed by atoms with Crippen LogP contribution in [0.1, 0.15) is 39.9 Å². The summed E-state index contributed by atoms with van der Waals surface area (Å²) in [4.78, 5) is 14.0. The molecule has 0 aromatic carbocycles. The van der Waals surface area contributed by atoms with Crippen LogP contribution in [-0.4, -0.2) is 12.5 Å². The van der Waals surface area contributed by atoms with Gasteiger partial charge >= 0.3 is 0 Å². The van der Waals surface area contributed by atoms with Crippen molar-refractivity contribution < 1.29 is 4.79 Å². The normalized spacial score (nSPS) is 12.8. The summed E-state index contributed by atoms with van der Waals surface area (Å²) in [5.41, 5.74) is 1.38. The number of thiophene rings is 1. The van der Waals surface area contributed by atoms with Crippen LogP contribution in [0.25, 0.3) is 0 Å². The molecule has 2 rings (SSSR count). The largest absolute Gasteiger partial charge is 0.350 e. The molecule has 0 spiro atoms. The van der Waals surface area contributed by atoms with Gasteiger partial charge in [-0.1, -0.05) is 0 Å². The third-order valence-corrected chi connectivity index (χ3v) is 3.92. The van der Waals surface area contributed by atoms with E-state index in [0.29, 0.717) is 6.54 Å². The van der Waals surface area contributed by atoms with Crippen LogP contribution in [0.4, 0.5) is 0 Å². The van der Waals surface area contributed by atoms with Crippen LogP contribution in [-0.2, 0) is 12.8 Å². The highest BCUT2D eigenvalue weighted by Crippen LogP contribution is 2.30. The number of nitrogens with one attached hydrogen (secondary N) is 1. The SMILES string of the molecule is CC#CCCNC(=O)c1cc2c(s1)CCC2. The number of rotatable bonds is 3. The van der Waals surface area contributed by atoms with Crippen molar-refractivity contribution in [3.8, 4) is 11.8 Å². The summed E-state index contributed by atoms with van der Waals surface area (Å²) >= 11 is 1.65. The zero-order valence-electron chi connectivity index (χ0n) is 9.43. The molecule has 16 heavy (non-hydrogen) atoms. The Bertz CT molecular complexity index is 429. The Morgan fingerprint density at radius 1 is 1.56 bits per heavy atom. The summed E-state index contributed by atoms with van der Waals surface area (Å²) in [5.74, 6) is 5.80. The standard InChI is InChI=1S/C13H15NOS/c1-2-3-4-8-14-13(15)12-9-10-6-5-7-11(10)16-12/h9H,4-8H2,1H3,(H,14,15). The van der Waals surface area contributed by atoms with Gasteiger partial charge < -0.3 is 5.32 Å². The second-order valence-corrected chi connectivity index (χ2v) is 4.98. The monoisotopic (exact) mass is 233 g/mol. The lowest BCUT2D eigenvalue weighted by atomic mass is 10.2. The third-order valence-electron chi connectivity index (χ3n) is 2.68. The Hall–Kier alpha value is -1.27. The van der Waals surface area contributed by atoms with Gasteiger partial charge in [-0.05, 0) is 37.8 Å². The lowest BCUT2D eigenvalue weighted by Crippen LogP contribution is -2.23. The van der Waals surface area contributed by atoms with Crippen LogP contribution >= 0.6 is 11.3 Å². The summed E-state index contributed by atoms with van der Waals surface area (Å²) < 4.78 is 0. The van der Waals surface area contributed by atoms with Gasteiger partial charge in [-0.15, -0.1) is 23.2 Å². The lowest BCUT2D eigenvalue weighted by Gasteiger charge is -1.99. The highest BCUT2D eigenvalue weighted by Gasteiger charge is 2.17. The lowest BCUT2D eigenvalue weighted by molar-refractivity contribution is 0.0958. The zero-order valence-corrected chi connectivity index (χ0v) is 10.2. The number of carbonyl (C=O) groups excluding carboxylic acids is 1. The molecule has 0 unspecified atom stereocenters. The quantitative estimate of drug-likeness (QED) is 0.630. The third kappa shape index (κ3) is 2.45. The fourth-order valence-electron chi connectivity index (χ4n) is 1.89. The average Bonchev–Trinajstić information content (AvgIpc) is 2.83. The van der Waals surface area contributed by atoms with E-state index in [4.69, 9.17) is 0 Å². The van der Waals surface area contributed by atoms with Crippen molar-refractivity contribution in [2.24, 2.45) is 0 Å². The average molecular weight is 233 g/mol. The van der Waals surface area contributed by atoms with E-state index < -0.39 is 0 Å². The molecular formula is C13H15NOS. The van der Waals surface area contributed by atoms with Gasteiger partial charge in [0.1, 0.15) is 0 Å². The Labute approximate surface area is 100 Å². The highest BCUT2D eigenvalue weighted by molar-refractivity contribution is 7.14. The first kappa shape index (κ1) is 11.2. The van der Waals surface area contributed by atoms with E-state index in [2.05, 4.69) is 17.2 Å². The Kier molecular flexibility index (Phi) is 3.63. The minimum absolute atomic E-state index is 0.0531. The molecule has 0 saturated heterocycles. The molecule has 1 aliphatic rings. The maximum atomic E-state index is 11.8. The second-order valence-electron chi connectivity index (χ2n) is 3.85. The second kappa shape index (κ2) is 5.18. The summed E-state index contributed by atoms with van der Waals surface area (Å²) in [6.07, 6.45) is 4.26. The molecule has 0 bridgehead atoms. The fraction of sp³-hybridized carbons (Fsp3) is 0.462. The van der Waals surface area contributed by atoms with Crippen molar-refractivity contribution >= 4 is 17.2 Å². The van der Waals surface area contributed by atoms with E-state index in [1.165, 1.54) is 16.9 Å². The summed E-state index contributed by atoms with van der Waals surface area (Å²) in [7, 11) is 0. The Morgan fingerprint density at radius 3 is 3.19 bits per heavy atom. The van der Waals surface area contributed by atoms with Crippen LogP contribution in [0.2, 0.25) is 0 Å². The number of aryl methyl sites for hydroxylation is 2. The van der Waals surface area contributed by atoms with Gasteiger partial charge in [-0.25, -0.2) is 0 Å². The van der Waals surface area contributed by atoms with Crippen molar-refractivity contribution in [1.29, 1.82) is 0 Å². The van der Waals surface area contributed by atoms with Gasteiger partial charge in [0, 0.05) is 17.8 Å². The van der Waals surface area contributed by atoms with Gasteiger partial charge in [0.15, 0.2) is 0 Å². The van der Waals surface area contributed by atoms with Crippen molar-refractivity contribution in [1.82, 2.24) is 5.32 Å². The van der Waals surface area contributed by atoms with Gasteiger partial charge in [0.2, 0.25) is 0 Å². The topological polar surface area (TPSA) is 29.1 Å². The van der Waals surface area contributed by atoms with Gasteiger partial charge in [-0.2, -0.15) is 0 Å². The zero-order chi connectivity index (χ0) is 11.4. The molecule has 3 heteroatoms. The van der Waals surface area contributed by atoms with Gasteiger partial charge in [0.05, 0.1) is 4.88 Å². The summed E-state index contributed by atoms with van der Waals surface area (Å²) in [5, 5.41) is 2.89. The number of fused-ring (bicyclic) bond motifs is 1. The van der Waals surface area contributed by atoms with E-state index in [0.717, 1.165) is 24.1 Å². The minimum Gasteiger partial charge on any atom is -0.350 e. The van der Waals surface area contributed by atoms with E-state index >= 15 is 0 Å². The highest BCUT2D eigenvalue weighted by atomic mass is 32.1. The molecule has 0 aliphatic heterocycles. The first-order chi connectivity index (χ1) is 7.81. The fourth-order valence-corrected chi connectivity index (χ4v) is 3.06. The van der Waals surface area contributed by atoms with Crippen LogP contribution in [0.5, 0.6) is 0 Å². The van der Waals surface area contributed by atoms with Gasteiger partial charge in [0.25, 0.3) is 5.91 Å².